The lowest BCUT2D eigenvalue weighted by Crippen LogP contribution is -2.41. The molecule has 0 radical (unpaired) electrons. The maximum atomic E-state index is 11.8. The van der Waals surface area contributed by atoms with Gasteiger partial charge in [-0.2, -0.15) is 0 Å². The summed E-state index contributed by atoms with van der Waals surface area (Å²) >= 11 is 12.1. The minimum Gasteiger partial charge on any atom is -0.383 e. The Morgan fingerprint density at radius 3 is 2.40 bits per heavy atom. The van der Waals surface area contributed by atoms with Gasteiger partial charge in [0.2, 0.25) is 11.8 Å². The molecule has 0 atom stereocenters. The van der Waals surface area contributed by atoms with E-state index in [-0.39, 0.29) is 18.4 Å². The quantitative estimate of drug-likeness (QED) is 0.817. The molecule has 20 heavy (non-hydrogen) atoms. The molecule has 110 valence electrons. The fourth-order valence-electron chi connectivity index (χ4n) is 1.59. The van der Waals surface area contributed by atoms with Crippen LogP contribution in [0.1, 0.15) is 6.92 Å². The highest BCUT2D eigenvalue weighted by Crippen LogP contribution is 2.33. The molecule has 7 heteroatoms. The van der Waals surface area contributed by atoms with Crippen molar-refractivity contribution < 1.29 is 14.3 Å². The lowest BCUT2D eigenvalue weighted by atomic mass is 10.2. The molecule has 1 aromatic rings. The Kier molecular flexibility index (Phi) is 6.78. The molecule has 0 aliphatic rings. The third-order valence-electron chi connectivity index (χ3n) is 2.52. The van der Waals surface area contributed by atoms with Gasteiger partial charge in [0.1, 0.15) is 6.54 Å². The van der Waals surface area contributed by atoms with E-state index in [4.69, 9.17) is 27.9 Å². The van der Waals surface area contributed by atoms with Gasteiger partial charge in [-0.3, -0.25) is 9.59 Å². The first kappa shape index (κ1) is 16.8. The van der Waals surface area contributed by atoms with Crippen molar-refractivity contribution in [1.82, 2.24) is 5.32 Å². The van der Waals surface area contributed by atoms with Crippen LogP contribution in [0.3, 0.4) is 0 Å². The molecule has 0 saturated carbocycles. The number of nitrogens with zero attached hydrogens (tertiary/aromatic N) is 1. The summed E-state index contributed by atoms with van der Waals surface area (Å²) in [5.74, 6) is -0.630. The lowest BCUT2D eigenvalue weighted by Gasteiger charge is -2.22. The molecule has 0 heterocycles. The first-order chi connectivity index (χ1) is 9.47. The monoisotopic (exact) mass is 318 g/mol. The van der Waals surface area contributed by atoms with Gasteiger partial charge in [-0.05, 0) is 12.1 Å². The van der Waals surface area contributed by atoms with E-state index in [9.17, 15) is 9.59 Å². The van der Waals surface area contributed by atoms with Crippen LogP contribution in [-0.2, 0) is 14.3 Å². The first-order valence-electron chi connectivity index (χ1n) is 5.95. The number of carbonyl (C=O) groups excluding carboxylic acids is 2. The van der Waals surface area contributed by atoms with Crippen LogP contribution in [0.5, 0.6) is 0 Å². The van der Waals surface area contributed by atoms with E-state index in [1.807, 2.05) is 0 Å². The zero-order valence-corrected chi connectivity index (χ0v) is 12.8. The molecule has 0 unspecified atom stereocenters. The average Bonchev–Trinajstić information content (AvgIpc) is 2.37. The maximum Gasteiger partial charge on any atom is 0.240 e. The largest absolute Gasteiger partial charge is 0.383 e. The van der Waals surface area contributed by atoms with Crippen molar-refractivity contribution in [2.75, 3.05) is 31.7 Å². The van der Waals surface area contributed by atoms with Gasteiger partial charge in [-0.15, -0.1) is 0 Å². The van der Waals surface area contributed by atoms with Crippen LogP contribution in [0.4, 0.5) is 5.69 Å². The summed E-state index contributed by atoms with van der Waals surface area (Å²) < 4.78 is 4.83. The minimum atomic E-state index is -0.318. The topological polar surface area (TPSA) is 58.6 Å². The van der Waals surface area contributed by atoms with Crippen LogP contribution in [0, 0.1) is 0 Å². The van der Waals surface area contributed by atoms with Gasteiger partial charge < -0.3 is 15.0 Å². The fraction of sp³-hybridized carbons (Fsp3) is 0.385. The van der Waals surface area contributed by atoms with Gasteiger partial charge in [0, 0.05) is 20.6 Å². The van der Waals surface area contributed by atoms with Crippen LogP contribution < -0.4 is 10.2 Å². The molecule has 0 fully saturated rings. The van der Waals surface area contributed by atoms with E-state index in [1.165, 1.54) is 18.9 Å². The zero-order chi connectivity index (χ0) is 15.1. The van der Waals surface area contributed by atoms with Crippen LogP contribution in [0.15, 0.2) is 18.2 Å². The predicted molar refractivity (Wildman–Crippen MR) is 79.4 cm³/mol. The number of halogens is 2. The number of benzene rings is 1. The molecule has 0 spiro atoms. The van der Waals surface area contributed by atoms with E-state index in [0.29, 0.717) is 28.9 Å². The second-order valence-corrected chi connectivity index (χ2v) is 4.83. The number of amides is 2. The van der Waals surface area contributed by atoms with E-state index in [0.717, 1.165) is 0 Å². The number of methoxy groups -OCH3 is 1. The molecule has 0 aliphatic carbocycles. The Bertz CT molecular complexity index is 474. The summed E-state index contributed by atoms with van der Waals surface area (Å²) in [5.41, 5.74) is 0.338. The Labute approximate surface area is 127 Å². The van der Waals surface area contributed by atoms with Gasteiger partial charge in [0.15, 0.2) is 0 Å². The maximum absolute atomic E-state index is 11.8. The molecule has 0 saturated heterocycles. The lowest BCUT2D eigenvalue weighted by molar-refractivity contribution is -0.123. The van der Waals surface area contributed by atoms with E-state index >= 15 is 0 Å². The fourth-order valence-corrected chi connectivity index (χ4v) is 2.19. The highest BCUT2D eigenvalue weighted by Gasteiger charge is 2.20. The van der Waals surface area contributed by atoms with Crippen molar-refractivity contribution in [2.45, 2.75) is 6.92 Å². The molecule has 2 amide bonds. The van der Waals surface area contributed by atoms with Crippen LogP contribution in [0.2, 0.25) is 10.0 Å². The third-order valence-corrected chi connectivity index (χ3v) is 3.13. The van der Waals surface area contributed by atoms with Crippen molar-refractivity contribution in [3.8, 4) is 0 Å². The molecule has 5 nitrogen and oxygen atoms in total. The number of hydrogen-bond acceptors (Lipinski definition) is 3. The van der Waals surface area contributed by atoms with Crippen molar-refractivity contribution >= 4 is 40.7 Å². The molecule has 0 aliphatic heterocycles. The van der Waals surface area contributed by atoms with Crippen molar-refractivity contribution in [2.24, 2.45) is 0 Å². The first-order valence-corrected chi connectivity index (χ1v) is 6.70. The summed E-state index contributed by atoms with van der Waals surface area (Å²) in [6.07, 6.45) is 0. The highest BCUT2D eigenvalue weighted by atomic mass is 35.5. The SMILES string of the molecule is COCCNC(=O)CN(C(C)=O)c1c(Cl)cccc1Cl. The zero-order valence-electron chi connectivity index (χ0n) is 11.3. The van der Waals surface area contributed by atoms with Crippen molar-refractivity contribution in [3.63, 3.8) is 0 Å². The van der Waals surface area contributed by atoms with Gasteiger partial charge >= 0.3 is 0 Å². The molecule has 0 aromatic heterocycles. The standard InChI is InChI=1S/C13H16Cl2N2O3/c1-9(18)17(8-12(19)16-6-7-20-2)13-10(14)4-3-5-11(13)15/h3-5H,6-8H2,1-2H3,(H,16,19). The predicted octanol–water partition coefficient (Wildman–Crippen LogP) is 2.11. The number of rotatable bonds is 6. The Hall–Kier alpha value is -1.30. The van der Waals surface area contributed by atoms with Crippen LogP contribution >= 0.6 is 23.2 Å². The molecule has 1 rings (SSSR count). The second-order valence-electron chi connectivity index (χ2n) is 4.02. The van der Waals surface area contributed by atoms with Gasteiger partial charge in [-0.1, -0.05) is 29.3 Å². The summed E-state index contributed by atoms with van der Waals surface area (Å²) in [6, 6.07) is 4.90. The molecule has 1 aromatic carbocycles. The number of nitrogens with one attached hydrogen (secondary N) is 1. The number of para-hydroxylation sites is 1. The summed E-state index contributed by atoms with van der Waals surface area (Å²) in [4.78, 5) is 24.7. The Balaban J connectivity index is 2.85. The third kappa shape index (κ3) is 4.67. The van der Waals surface area contributed by atoms with Gasteiger partial charge in [0.05, 0.1) is 22.3 Å². The van der Waals surface area contributed by atoms with Crippen molar-refractivity contribution in [3.05, 3.63) is 28.2 Å². The van der Waals surface area contributed by atoms with Crippen molar-refractivity contribution in [1.29, 1.82) is 0 Å². The summed E-state index contributed by atoms with van der Waals surface area (Å²) in [5, 5.41) is 3.27. The Morgan fingerprint density at radius 2 is 1.90 bits per heavy atom. The second kappa shape index (κ2) is 8.09. The summed E-state index contributed by atoms with van der Waals surface area (Å²) in [7, 11) is 1.54. The van der Waals surface area contributed by atoms with Gasteiger partial charge in [0.25, 0.3) is 0 Å². The normalized spacial score (nSPS) is 10.2. The van der Waals surface area contributed by atoms with Crippen LogP contribution in [0.25, 0.3) is 0 Å². The number of ether oxygens (including phenoxy) is 1. The van der Waals surface area contributed by atoms with Gasteiger partial charge in [-0.25, -0.2) is 0 Å². The number of carbonyl (C=O) groups is 2. The average molecular weight is 319 g/mol. The smallest absolute Gasteiger partial charge is 0.240 e. The summed E-state index contributed by atoms with van der Waals surface area (Å²) in [6.45, 7) is 1.97. The number of anilines is 1. The molecular weight excluding hydrogens is 303 g/mol. The highest BCUT2D eigenvalue weighted by molar-refractivity contribution is 6.40. The molecule has 1 N–H and O–H groups in total. The van der Waals surface area contributed by atoms with E-state index in [1.54, 1.807) is 18.2 Å². The number of hydrogen-bond donors (Lipinski definition) is 1. The van der Waals surface area contributed by atoms with Crippen LogP contribution in [-0.4, -0.2) is 38.6 Å². The Morgan fingerprint density at radius 1 is 1.30 bits per heavy atom. The minimum absolute atomic E-state index is 0.150. The molecular formula is C13H16Cl2N2O3. The van der Waals surface area contributed by atoms with E-state index in [2.05, 4.69) is 5.32 Å². The molecule has 0 bridgehead atoms. The van der Waals surface area contributed by atoms with E-state index < -0.39 is 0 Å².